The molecule has 0 spiro atoms. The van der Waals surface area contributed by atoms with E-state index < -0.39 is 0 Å². The fraction of sp³-hybridized carbons (Fsp3) is 0.435. The van der Waals surface area contributed by atoms with E-state index in [4.69, 9.17) is 4.74 Å². The molecule has 4 heteroatoms. The van der Waals surface area contributed by atoms with E-state index in [9.17, 15) is 4.79 Å². The fourth-order valence-corrected chi connectivity index (χ4v) is 3.10. The fourth-order valence-electron chi connectivity index (χ4n) is 3.10. The first-order valence-corrected chi connectivity index (χ1v) is 9.80. The minimum absolute atomic E-state index is 0.0437. The molecule has 0 bridgehead atoms. The second kappa shape index (κ2) is 10.1. The molecular formula is C23H33N2O2+. The van der Waals surface area contributed by atoms with Crippen LogP contribution in [0, 0.1) is 0 Å². The molecular weight excluding hydrogens is 336 g/mol. The van der Waals surface area contributed by atoms with Crippen molar-refractivity contribution >= 4 is 11.6 Å². The molecule has 4 nitrogen and oxygen atoms in total. The van der Waals surface area contributed by atoms with E-state index in [1.807, 2.05) is 37.4 Å². The maximum Gasteiger partial charge on any atom is 0.279 e. The van der Waals surface area contributed by atoms with Crippen LogP contribution in [-0.4, -0.2) is 32.7 Å². The summed E-state index contributed by atoms with van der Waals surface area (Å²) in [4.78, 5) is 13.8. The number of rotatable bonds is 9. The summed E-state index contributed by atoms with van der Waals surface area (Å²) in [6.45, 7) is 10.4. The maximum atomic E-state index is 12.6. The van der Waals surface area contributed by atoms with Crippen LogP contribution in [0.3, 0.4) is 0 Å². The number of likely N-dealkylation sites (N-methyl/N-ethyl adjacent to an activating group) is 1. The van der Waals surface area contributed by atoms with Gasteiger partial charge in [0.1, 0.15) is 18.9 Å². The van der Waals surface area contributed by atoms with Crippen LogP contribution in [0.2, 0.25) is 0 Å². The van der Waals surface area contributed by atoms with Crippen LogP contribution in [0.1, 0.15) is 50.7 Å². The lowest BCUT2D eigenvalue weighted by atomic mass is 9.92. The van der Waals surface area contributed by atoms with Gasteiger partial charge < -0.3 is 15.0 Å². The lowest BCUT2D eigenvalue weighted by molar-refractivity contribution is -0.871. The number of quaternary nitrogens is 1. The zero-order valence-electron chi connectivity index (χ0n) is 17.2. The summed E-state index contributed by atoms with van der Waals surface area (Å²) in [5.74, 6) is 1.64. The van der Waals surface area contributed by atoms with Crippen molar-refractivity contribution in [3.63, 3.8) is 0 Å². The molecule has 1 atom stereocenters. The van der Waals surface area contributed by atoms with E-state index in [1.54, 1.807) is 0 Å². The summed E-state index contributed by atoms with van der Waals surface area (Å²) in [5, 5.41) is 3.18. The van der Waals surface area contributed by atoms with Crippen molar-refractivity contribution < 1.29 is 14.4 Å². The van der Waals surface area contributed by atoms with Gasteiger partial charge in [0.05, 0.1) is 7.05 Å². The molecule has 0 heterocycles. The third-order valence-electron chi connectivity index (χ3n) is 4.64. The normalized spacial score (nSPS) is 12.3. The molecule has 2 aromatic rings. The molecule has 0 aromatic heterocycles. The topological polar surface area (TPSA) is 42.8 Å². The van der Waals surface area contributed by atoms with Gasteiger partial charge in [0.2, 0.25) is 0 Å². The molecule has 2 N–H and O–H groups in total. The Morgan fingerprint density at radius 1 is 0.963 bits per heavy atom. The third kappa shape index (κ3) is 6.40. The van der Waals surface area contributed by atoms with Crippen LogP contribution in [0.15, 0.2) is 48.5 Å². The summed E-state index contributed by atoms with van der Waals surface area (Å²) >= 11 is 0. The number of ether oxygens (including phenoxy) is 1. The lowest BCUT2D eigenvalue weighted by Gasteiger charge is -2.21. The SMILES string of the molecule is CC(C)c1cccc(C(C)C)c1NC(=O)C[NH+](C)CCOc1ccccc1. The molecule has 0 aliphatic carbocycles. The number of nitrogens with one attached hydrogen (secondary N) is 2. The van der Waals surface area contributed by atoms with Crippen molar-refractivity contribution in [1.29, 1.82) is 0 Å². The number of amides is 1. The van der Waals surface area contributed by atoms with Crippen molar-refractivity contribution in [3.8, 4) is 5.75 Å². The smallest absolute Gasteiger partial charge is 0.279 e. The van der Waals surface area contributed by atoms with Gasteiger partial charge >= 0.3 is 0 Å². The van der Waals surface area contributed by atoms with Crippen LogP contribution in [0.25, 0.3) is 0 Å². The second-order valence-corrected chi connectivity index (χ2v) is 7.71. The molecule has 2 rings (SSSR count). The second-order valence-electron chi connectivity index (χ2n) is 7.71. The van der Waals surface area contributed by atoms with E-state index >= 15 is 0 Å². The Kier molecular flexibility index (Phi) is 7.86. The highest BCUT2D eigenvalue weighted by atomic mass is 16.5. The standard InChI is InChI=1S/C23H32N2O2/c1-17(2)20-12-9-13-21(18(3)4)23(20)24-22(26)16-25(5)14-15-27-19-10-7-6-8-11-19/h6-13,17-18H,14-16H2,1-5H3,(H,24,26)/p+1. The number of carbonyl (C=O) groups is 1. The Labute approximate surface area is 163 Å². The average molecular weight is 370 g/mol. The average Bonchev–Trinajstić information content (AvgIpc) is 2.62. The molecule has 0 aliphatic rings. The summed E-state index contributed by atoms with van der Waals surface area (Å²) in [6.07, 6.45) is 0. The molecule has 1 amide bonds. The third-order valence-corrected chi connectivity index (χ3v) is 4.64. The Morgan fingerprint density at radius 2 is 1.56 bits per heavy atom. The summed E-state index contributed by atoms with van der Waals surface area (Å²) in [7, 11) is 2.02. The largest absolute Gasteiger partial charge is 0.488 e. The quantitative estimate of drug-likeness (QED) is 0.711. The predicted octanol–water partition coefficient (Wildman–Crippen LogP) is 3.47. The Hall–Kier alpha value is -2.33. The van der Waals surface area contributed by atoms with Crippen LogP contribution < -0.4 is 15.0 Å². The van der Waals surface area contributed by atoms with Crippen LogP contribution in [0.4, 0.5) is 5.69 Å². The van der Waals surface area contributed by atoms with Crippen LogP contribution >= 0.6 is 0 Å². The molecule has 27 heavy (non-hydrogen) atoms. The Morgan fingerprint density at radius 3 is 2.11 bits per heavy atom. The molecule has 1 unspecified atom stereocenters. The van der Waals surface area contributed by atoms with Crippen LogP contribution in [-0.2, 0) is 4.79 Å². The minimum atomic E-state index is 0.0437. The van der Waals surface area contributed by atoms with E-state index in [1.165, 1.54) is 11.1 Å². The monoisotopic (exact) mass is 369 g/mol. The molecule has 146 valence electrons. The van der Waals surface area contributed by atoms with Crippen molar-refractivity contribution in [3.05, 3.63) is 59.7 Å². The van der Waals surface area contributed by atoms with E-state index in [-0.39, 0.29) is 5.91 Å². The van der Waals surface area contributed by atoms with E-state index in [2.05, 4.69) is 51.2 Å². The van der Waals surface area contributed by atoms with Gasteiger partial charge in [0.15, 0.2) is 6.54 Å². The number of hydrogen-bond donors (Lipinski definition) is 2. The molecule has 0 saturated carbocycles. The zero-order valence-corrected chi connectivity index (χ0v) is 17.2. The molecule has 0 aliphatic heterocycles. The van der Waals surface area contributed by atoms with Crippen molar-refractivity contribution in [2.75, 3.05) is 32.1 Å². The summed E-state index contributed by atoms with van der Waals surface area (Å²) < 4.78 is 5.73. The number of benzene rings is 2. The lowest BCUT2D eigenvalue weighted by Crippen LogP contribution is -3.10. The number of para-hydroxylation sites is 2. The van der Waals surface area contributed by atoms with Gasteiger partial charge in [-0.1, -0.05) is 64.1 Å². The molecule has 0 fully saturated rings. The van der Waals surface area contributed by atoms with Gasteiger partial charge in [-0.3, -0.25) is 4.79 Å². The van der Waals surface area contributed by atoms with Crippen molar-refractivity contribution in [2.24, 2.45) is 0 Å². The van der Waals surface area contributed by atoms with E-state index in [0.717, 1.165) is 22.9 Å². The van der Waals surface area contributed by atoms with Gasteiger partial charge in [0.25, 0.3) is 5.91 Å². The first-order valence-electron chi connectivity index (χ1n) is 9.80. The maximum absolute atomic E-state index is 12.6. The highest BCUT2D eigenvalue weighted by molar-refractivity contribution is 5.93. The zero-order chi connectivity index (χ0) is 19.8. The van der Waals surface area contributed by atoms with Gasteiger partial charge in [-0.2, -0.15) is 0 Å². The highest BCUT2D eigenvalue weighted by Crippen LogP contribution is 2.32. The van der Waals surface area contributed by atoms with Crippen molar-refractivity contribution in [1.82, 2.24) is 0 Å². The summed E-state index contributed by atoms with van der Waals surface area (Å²) in [6, 6.07) is 16.1. The van der Waals surface area contributed by atoms with Gasteiger partial charge in [0, 0.05) is 5.69 Å². The first-order chi connectivity index (χ1) is 12.9. The summed E-state index contributed by atoms with van der Waals surface area (Å²) in [5.41, 5.74) is 3.38. The molecule has 0 saturated heterocycles. The van der Waals surface area contributed by atoms with Crippen LogP contribution in [0.5, 0.6) is 5.75 Å². The first kappa shape index (κ1) is 21.0. The minimum Gasteiger partial charge on any atom is -0.488 e. The van der Waals surface area contributed by atoms with E-state index in [0.29, 0.717) is 25.0 Å². The Balaban J connectivity index is 1.93. The van der Waals surface area contributed by atoms with Gasteiger partial charge in [-0.05, 0) is 35.1 Å². The predicted molar refractivity (Wildman–Crippen MR) is 112 cm³/mol. The number of hydrogen-bond acceptors (Lipinski definition) is 2. The Bertz CT molecular complexity index is 700. The highest BCUT2D eigenvalue weighted by Gasteiger charge is 2.17. The van der Waals surface area contributed by atoms with Gasteiger partial charge in [-0.25, -0.2) is 0 Å². The number of anilines is 1. The molecule has 2 aromatic carbocycles. The van der Waals surface area contributed by atoms with Crippen molar-refractivity contribution in [2.45, 2.75) is 39.5 Å². The molecule has 0 radical (unpaired) electrons. The number of carbonyl (C=O) groups excluding carboxylic acids is 1. The van der Waals surface area contributed by atoms with Gasteiger partial charge in [-0.15, -0.1) is 0 Å².